The van der Waals surface area contributed by atoms with Gasteiger partial charge in [-0.3, -0.25) is 14.6 Å². The Morgan fingerprint density at radius 3 is 2.44 bits per heavy atom. The number of aldehydes is 1. The number of benzene rings is 2. The fourth-order valence-electron chi connectivity index (χ4n) is 1.42. The number of carbonyl (C=O) groups excluding carboxylic acids is 1. The van der Waals surface area contributed by atoms with Crippen molar-refractivity contribution in [3.63, 3.8) is 0 Å². The molecule has 0 heterocycles. The quantitative estimate of drug-likeness (QED) is 0.388. The van der Waals surface area contributed by atoms with Crippen LogP contribution >= 0.6 is 0 Å². The van der Waals surface area contributed by atoms with Crippen molar-refractivity contribution < 1.29 is 14.6 Å². The van der Waals surface area contributed by atoms with E-state index in [9.17, 15) is 4.79 Å². The number of nitrogen functional groups attached to an aromatic ring is 1. The zero-order chi connectivity index (χ0) is 13.0. The first kappa shape index (κ1) is 12.0. The molecule has 4 nitrogen and oxygen atoms in total. The van der Waals surface area contributed by atoms with E-state index in [0.717, 1.165) is 5.56 Å². The lowest BCUT2D eigenvalue weighted by Gasteiger charge is -2.08. The molecule has 0 spiro atoms. The Balaban J connectivity index is 2.10. The van der Waals surface area contributed by atoms with Gasteiger partial charge < -0.3 is 5.73 Å². The molecule has 0 saturated carbocycles. The fourth-order valence-corrected chi connectivity index (χ4v) is 1.42. The van der Waals surface area contributed by atoms with Gasteiger partial charge >= 0.3 is 0 Å². The van der Waals surface area contributed by atoms with Gasteiger partial charge in [0.25, 0.3) is 0 Å². The van der Waals surface area contributed by atoms with Crippen LogP contribution in [0.2, 0.25) is 0 Å². The molecular weight excluding hydrogens is 230 g/mol. The van der Waals surface area contributed by atoms with Crippen LogP contribution in [-0.2, 0) is 0 Å². The third-order valence-electron chi connectivity index (χ3n) is 2.41. The molecule has 92 valence electrons. The molecule has 2 aromatic carbocycles. The molecular formula is C14H13NO3. The summed E-state index contributed by atoms with van der Waals surface area (Å²) in [7, 11) is 0. The second-order valence-electron chi connectivity index (χ2n) is 3.89. The summed E-state index contributed by atoms with van der Waals surface area (Å²) < 4.78 is 0. The standard InChI is InChI=1S/C14H13NO3/c1-10-2-5-13(6-3-10)17-18-14-7-4-12(15)8-11(14)9-16/h2-9H,15H2,1H3. The molecule has 0 aromatic heterocycles. The molecule has 2 aromatic rings. The first-order chi connectivity index (χ1) is 8.69. The highest BCUT2D eigenvalue weighted by molar-refractivity contribution is 5.81. The van der Waals surface area contributed by atoms with E-state index in [1.165, 1.54) is 6.07 Å². The molecule has 0 aliphatic carbocycles. The van der Waals surface area contributed by atoms with Gasteiger partial charge in [0.2, 0.25) is 0 Å². The number of aryl methyl sites for hydroxylation is 1. The minimum atomic E-state index is 0.333. The molecule has 0 atom stereocenters. The van der Waals surface area contributed by atoms with E-state index in [2.05, 4.69) is 0 Å². The molecule has 0 unspecified atom stereocenters. The first-order valence-corrected chi connectivity index (χ1v) is 5.45. The minimum Gasteiger partial charge on any atom is -0.399 e. The van der Waals surface area contributed by atoms with Crippen LogP contribution < -0.4 is 15.5 Å². The van der Waals surface area contributed by atoms with Crippen LogP contribution in [-0.4, -0.2) is 6.29 Å². The summed E-state index contributed by atoms with van der Waals surface area (Å²) in [5.41, 5.74) is 7.55. The monoisotopic (exact) mass is 243 g/mol. The van der Waals surface area contributed by atoms with Gasteiger partial charge in [0.1, 0.15) is 0 Å². The van der Waals surface area contributed by atoms with E-state index in [4.69, 9.17) is 15.5 Å². The predicted octanol–water partition coefficient (Wildman–Crippen LogP) is 2.76. The van der Waals surface area contributed by atoms with Crippen molar-refractivity contribution in [2.24, 2.45) is 0 Å². The summed E-state index contributed by atoms with van der Waals surface area (Å²) in [4.78, 5) is 21.1. The maximum Gasteiger partial charge on any atom is 0.189 e. The summed E-state index contributed by atoms with van der Waals surface area (Å²) in [5.74, 6) is 0.897. The van der Waals surface area contributed by atoms with Crippen LogP contribution in [0.25, 0.3) is 0 Å². The Morgan fingerprint density at radius 2 is 1.78 bits per heavy atom. The van der Waals surface area contributed by atoms with Gasteiger partial charge in [-0.15, -0.1) is 0 Å². The van der Waals surface area contributed by atoms with Crippen molar-refractivity contribution in [1.82, 2.24) is 0 Å². The van der Waals surface area contributed by atoms with Gasteiger partial charge in [-0.1, -0.05) is 17.7 Å². The van der Waals surface area contributed by atoms with Gasteiger partial charge in [-0.25, -0.2) is 0 Å². The van der Waals surface area contributed by atoms with Gasteiger partial charge in [0.05, 0.1) is 5.56 Å². The van der Waals surface area contributed by atoms with E-state index >= 15 is 0 Å². The zero-order valence-corrected chi connectivity index (χ0v) is 9.92. The van der Waals surface area contributed by atoms with Crippen molar-refractivity contribution in [2.75, 3.05) is 5.73 Å². The van der Waals surface area contributed by atoms with E-state index in [1.807, 2.05) is 19.1 Å². The summed E-state index contributed by atoms with van der Waals surface area (Å²) in [6, 6.07) is 12.1. The SMILES string of the molecule is Cc1ccc(OOc2ccc(N)cc2C=O)cc1. The lowest BCUT2D eigenvalue weighted by molar-refractivity contribution is -0.100. The number of anilines is 1. The summed E-state index contributed by atoms with van der Waals surface area (Å²) in [5, 5.41) is 0. The van der Waals surface area contributed by atoms with Crippen molar-refractivity contribution >= 4 is 12.0 Å². The van der Waals surface area contributed by atoms with Gasteiger partial charge in [0, 0.05) is 5.69 Å². The molecule has 0 radical (unpaired) electrons. The third-order valence-corrected chi connectivity index (χ3v) is 2.41. The number of nitrogens with two attached hydrogens (primary N) is 1. The average Bonchev–Trinajstić information content (AvgIpc) is 2.39. The Bertz CT molecular complexity index is 549. The lowest BCUT2D eigenvalue weighted by Crippen LogP contribution is -2.03. The Labute approximate surface area is 105 Å². The van der Waals surface area contributed by atoms with Crippen LogP contribution in [0.4, 0.5) is 5.69 Å². The zero-order valence-electron chi connectivity index (χ0n) is 9.92. The van der Waals surface area contributed by atoms with Gasteiger partial charge in [-0.2, -0.15) is 0 Å². The topological polar surface area (TPSA) is 61.6 Å². The van der Waals surface area contributed by atoms with Gasteiger partial charge in [0.15, 0.2) is 17.8 Å². The third kappa shape index (κ3) is 2.79. The predicted molar refractivity (Wildman–Crippen MR) is 68.7 cm³/mol. The molecule has 0 aliphatic rings. The van der Waals surface area contributed by atoms with Crippen LogP contribution in [0.3, 0.4) is 0 Å². The van der Waals surface area contributed by atoms with E-state index in [0.29, 0.717) is 29.0 Å². The molecule has 2 N–H and O–H groups in total. The largest absolute Gasteiger partial charge is 0.399 e. The molecule has 18 heavy (non-hydrogen) atoms. The molecule has 0 bridgehead atoms. The van der Waals surface area contributed by atoms with Crippen molar-refractivity contribution in [3.05, 3.63) is 53.6 Å². The van der Waals surface area contributed by atoms with Crippen LogP contribution in [0.5, 0.6) is 11.5 Å². The van der Waals surface area contributed by atoms with Crippen LogP contribution in [0.15, 0.2) is 42.5 Å². The normalized spacial score (nSPS) is 9.83. The Kier molecular flexibility index (Phi) is 3.48. The second kappa shape index (κ2) is 5.23. The smallest absolute Gasteiger partial charge is 0.189 e. The molecule has 0 saturated heterocycles. The number of rotatable bonds is 4. The molecule has 0 aliphatic heterocycles. The maximum atomic E-state index is 10.8. The average molecular weight is 243 g/mol. The molecule has 2 rings (SSSR count). The first-order valence-electron chi connectivity index (χ1n) is 5.45. The molecule has 4 heteroatoms. The van der Waals surface area contributed by atoms with Crippen molar-refractivity contribution in [1.29, 1.82) is 0 Å². The van der Waals surface area contributed by atoms with E-state index in [-0.39, 0.29) is 0 Å². The summed E-state index contributed by atoms with van der Waals surface area (Å²) in [6.45, 7) is 1.98. The van der Waals surface area contributed by atoms with Crippen LogP contribution in [0, 0.1) is 6.92 Å². The maximum absolute atomic E-state index is 10.8. The Hall–Kier alpha value is -2.49. The van der Waals surface area contributed by atoms with Gasteiger partial charge in [-0.05, 0) is 37.3 Å². The number of carbonyl (C=O) groups is 1. The van der Waals surface area contributed by atoms with E-state index < -0.39 is 0 Å². The van der Waals surface area contributed by atoms with Crippen molar-refractivity contribution in [3.8, 4) is 11.5 Å². The van der Waals surface area contributed by atoms with Crippen molar-refractivity contribution in [2.45, 2.75) is 6.92 Å². The minimum absolute atomic E-state index is 0.333. The van der Waals surface area contributed by atoms with E-state index in [1.54, 1.807) is 24.3 Å². The molecule has 0 amide bonds. The summed E-state index contributed by atoms with van der Waals surface area (Å²) in [6.07, 6.45) is 0.671. The second-order valence-corrected chi connectivity index (χ2v) is 3.89. The highest BCUT2D eigenvalue weighted by Crippen LogP contribution is 2.21. The number of hydrogen-bond donors (Lipinski definition) is 1. The van der Waals surface area contributed by atoms with Crippen LogP contribution in [0.1, 0.15) is 15.9 Å². The highest BCUT2D eigenvalue weighted by Gasteiger charge is 2.05. The summed E-state index contributed by atoms with van der Waals surface area (Å²) >= 11 is 0. The Morgan fingerprint density at radius 1 is 1.06 bits per heavy atom. The number of hydrogen-bond acceptors (Lipinski definition) is 4. The highest BCUT2D eigenvalue weighted by atomic mass is 17.2. The fraction of sp³-hybridized carbons (Fsp3) is 0.0714. The molecule has 0 fully saturated rings. The lowest BCUT2D eigenvalue weighted by atomic mass is 10.2.